The minimum Gasteiger partial charge on any atom is -0.464 e. The zero-order valence-corrected chi connectivity index (χ0v) is 9.65. The molecule has 0 aromatic heterocycles. The Bertz CT molecular complexity index is 406. The number of hydrogen-bond acceptors (Lipinski definition) is 1. The first kappa shape index (κ1) is 10.9. The van der Waals surface area contributed by atoms with Crippen molar-refractivity contribution in [1.29, 1.82) is 0 Å². The van der Waals surface area contributed by atoms with Gasteiger partial charge in [-0.05, 0) is 19.1 Å². The van der Waals surface area contributed by atoms with Gasteiger partial charge in [0.2, 0.25) is 0 Å². The number of benzene rings is 1. The summed E-state index contributed by atoms with van der Waals surface area (Å²) >= 11 is 1.73. The highest BCUT2D eigenvalue weighted by Gasteiger charge is 2.12. The number of carboxylic acid groups (broad SMARTS) is 1. The minimum atomic E-state index is -1.00. The van der Waals surface area contributed by atoms with E-state index in [4.69, 9.17) is 5.11 Å². The lowest BCUT2D eigenvalue weighted by atomic mass is 10.2. The molecule has 1 rings (SSSR count). The van der Waals surface area contributed by atoms with Crippen molar-refractivity contribution in [1.82, 2.24) is 0 Å². The van der Waals surface area contributed by atoms with Gasteiger partial charge in [0.1, 0.15) is 0 Å². The Balaban J connectivity index is 3.17. The molecule has 0 aliphatic carbocycles. The molecule has 0 fully saturated rings. The van der Waals surface area contributed by atoms with Crippen LogP contribution in [0.15, 0.2) is 24.3 Å². The zero-order chi connectivity index (χ0) is 10.6. The van der Waals surface area contributed by atoms with Crippen LogP contribution >= 0.6 is 22.9 Å². The summed E-state index contributed by atoms with van der Waals surface area (Å²) in [5.41, 5.74) is 1.31. The van der Waals surface area contributed by atoms with Crippen LogP contribution in [0.5, 0.6) is 0 Å². The zero-order valence-electron chi connectivity index (χ0n) is 7.49. The molecule has 1 aromatic carbocycles. The van der Waals surface area contributed by atoms with Gasteiger partial charge in [0.15, 0.2) is 0 Å². The van der Waals surface area contributed by atoms with E-state index in [9.17, 15) is 4.79 Å². The quantitative estimate of drug-likeness (QED) is 0.492. The van der Waals surface area contributed by atoms with E-state index in [1.54, 1.807) is 48.0 Å². The lowest BCUT2D eigenvalue weighted by molar-refractivity contribution is 0.207. The summed E-state index contributed by atoms with van der Waals surface area (Å²) in [4.78, 5) is 10.7. The fraction of sp³-hybridized carbons (Fsp3) is 0.100. The van der Waals surface area contributed by atoms with E-state index < -0.39 is 6.09 Å². The van der Waals surface area contributed by atoms with Gasteiger partial charge in [-0.3, -0.25) is 0 Å². The molecule has 14 heavy (non-hydrogen) atoms. The Morgan fingerprint density at radius 2 is 2.14 bits per heavy atom. The van der Waals surface area contributed by atoms with Crippen LogP contribution in [-0.4, -0.2) is 11.2 Å². The minimum absolute atomic E-state index is 0.593. The average molecular weight is 301 g/mol. The van der Waals surface area contributed by atoms with Crippen molar-refractivity contribution < 1.29 is 9.90 Å². The van der Waals surface area contributed by atoms with Crippen LogP contribution in [0.25, 0.3) is 0 Å². The van der Waals surface area contributed by atoms with Crippen LogP contribution in [0.3, 0.4) is 0 Å². The molecule has 0 unspecified atom stereocenters. The first-order valence-corrected chi connectivity index (χ1v) is 4.84. The number of anilines is 1. The summed E-state index contributed by atoms with van der Waals surface area (Å²) in [5.74, 6) is 5.60. The van der Waals surface area contributed by atoms with Crippen LogP contribution in [0.4, 0.5) is 10.5 Å². The lowest BCUT2D eigenvalue weighted by Crippen LogP contribution is -2.17. The van der Waals surface area contributed by atoms with Crippen molar-refractivity contribution in [2.75, 3.05) is 3.11 Å². The van der Waals surface area contributed by atoms with Crippen LogP contribution in [0, 0.1) is 11.8 Å². The van der Waals surface area contributed by atoms with Gasteiger partial charge in [-0.2, -0.15) is 0 Å². The average Bonchev–Trinajstić information content (AvgIpc) is 2.18. The van der Waals surface area contributed by atoms with Crippen molar-refractivity contribution in [3.05, 3.63) is 29.8 Å². The van der Waals surface area contributed by atoms with Crippen LogP contribution in [0.1, 0.15) is 12.5 Å². The normalized spacial score (nSPS) is 8.71. The van der Waals surface area contributed by atoms with Gasteiger partial charge < -0.3 is 5.11 Å². The highest BCUT2D eigenvalue weighted by Crippen LogP contribution is 2.22. The van der Waals surface area contributed by atoms with Crippen LogP contribution in [-0.2, 0) is 0 Å². The molecule has 72 valence electrons. The van der Waals surface area contributed by atoms with Gasteiger partial charge in [0.05, 0.1) is 28.6 Å². The van der Waals surface area contributed by atoms with Crippen LogP contribution in [0.2, 0.25) is 0 Å². The van der Waals surface area contributed by atoms with E-state index in [0.717, 1.165) is 3.11 Å². The topological polar surface area (TPSA) is 40.5 Å². The van der Waals surface area contributed by atoms with Crippen molar-refractivity contribution >= 4 is 34.6 Å². The summed E-state index contributed by atoms with van der Waals surface area (Å²) in [7, 11) is 0. The Morgan fingerprint density at radius 3 is 2.71 bits per heavy atom. The Kier molecular flexibility index (Phi) is 3.77. The Labute approximate surface area is 96.2 Å². The van der Waals surface area contributed by atoms with E-state index in [1.807, 2.05) is 6.07 Å². The Morgan fingerprint density at radius 1 is 1.50 bits per heavy atom. The third-order valence-electron chi connectivity index (χ3n) is 1.54. The first-order chi connectivity index (χ1) is 6.66. The highest BCUT2D eigenvalue weighted by molar-refractivity contribution is 14.1. The second kappa shape index (κ2) is 4.86. The molecule has 0 saturated heterocycles. The SMILES string of the molecule is CC#Cc1ccccc1N(I)C(=O)O. The molecule has 3 nitrogen and oxygen atoms in total. The standard InChI is InChI=1S/C10H8INO2/c1-2-5-8-6-3-4-7-9(8)12(11)10(13)14/h3-4,6-7H,1H3,(H,13,14). The lowest BCUT2D eigenvalue weighted by Gasteiger charge is -2.11. The summed E-state index contributed by atoms with van der Waals surface area (Å²) in [6, 6.07) is 7.13. The van der Waals surface area contributed by atoms with E-state index >= 15 is 0 Å². The molecule has 0 aliphatic heterocycles. The van der Waals surface area contributed by atoms with Crippen molar-refractivity contribution in [3.8, 4) is 11.8 Å². The van der Waals surface area contributed by atoms with E-state index in [0.29, 0.717) is 11.3 Å². The molecular weight excluding hydrogens is 293 g/mol. The second-order valence-corrected chi connectivity index (χ2v) is 3.42. The smallest absolute Gasteiger partial charge is 0.420 e. The van der Waals surface area contributed by atoms with Crippen molar-refractivity contribution in [2.45, 2.75) is 6.92 Å². The summed E-state index contributed by atoms with van der Waals surface area (Å²) in [6.07, 6.45) is -1.00. The van der Waals surface area contributed by atoms with E-state index in [-0.39, 0.29) is 0 Å². The number of amides is 1. The fourth-order valence-corrected chi connectivity index (χ4v) is 1.41. The predicted octanol–water partition coefficient (Wildman–Crippen LogP) is 2.89. The number of hydrogen-bond donors (Lipinski definition) is 1. The third-order valence-corrected chi connectivity index (χ3v) is 2.48. The van der Waals surface area contributed by atoms with Gasteiger partial charge in [0.25, 0.3) is 0 Å². The summed E-state index contributed by atoms with van der Waals surface area (Å²) in [5, 5.41) is 8.80. The monoisotopic (exact) mass is 301 g/mol. The number of para-hydroxylation sites is 1. The molecule has 1 aromatic rings. The molecule has 0 saturated carbocycles. The maximum Gasteiger partial charge on any atom is 0.420 e. The van der Waals surface area contributed by atoms with Gasteiger partial charge in [-0.1, -0.05) is 18.1 Å². The van der Waals surface area contributed by atoms with Gasteiger partial charge in [-0.25, -0.2) is 7.91 Å². The number of rotatable bonds is 1. The largest absolute Gasteiger partial charge is 0.464 e. The number of halogens is 1. The van der Waals surface area contributed by atoms with E-state index in [1.165, 1.54) is 0 Å². The van der Waals surface area contributed by atoms with Gasteiger partial charge in [-0.15, -0.1) is 5.92 Å². The number of nitrogens with zero attached hydrogens (tertiary/aromatic N) is 1. The number of carbonyl (C=O) groups is 1. The maximum atomic E-state index is 10.7. The maximum absolute atomic E-state index is 10.7. The molecule has 0 atom stereocenters. The second-order valence-electron chi connectivity index (χ2n) is 2.46. The predicted molar refractivity (Wildman–Crippen MR) is 63.5 cm³/mol. The van der Waals surface area contributed by atoms with Gasteiger partial charge in [0, 0.05) is 5.56 Å². The van der Waals surface area contributed by atoms with Crippen LogP contribution < -0.4 is 3.11 Å². The molecule has 1 amide bonds. The molecular formula is C10H8INO2. The highest BCUT2D eigenvalue weighted by atomic mass is 127. The molecule has 1 N–H and O–H groups in total. The molecule has 0 heterocycles. The molecule has 4 heteroatoms. The molecule has 0 bridgehead atoms. The summed E-state index contributed by atoms with van der Waals surface area (Å²) in [6.45, 7) is 1.72. The molecule has 0 aliphatic rings. The molecule has 0 radical (unpaired) electrons. The summed E-state index contributed by atoms with van der Waals surface area (Å²) < 4.78 is 1.12. The third kappa shape index (κ3) is 2.39. The first-order valence-electron chi connectivity index (χ1n) is 3.87. The van der Waals surface area contributed by atoms with Crippen molar-refractivity contribution in [3.63, 3.8) is 0 Å². The van der Waals surface area contributed by atoms with Gasteiger partial charge >= 0.3 is 6.09 Å². The van der Waals surface area contributed by atoms with E-state index in [2.05, 4.69) is 11.8 Å². The Hall–Kier alpha value is -1.22. The fourth-order valence-electron chi connectivity index (χ4n) is 0.988. The molecule has 0 spiro atoms. The van der Waals surface area contributed by atoms with Crippen molar-refractivity contribution in [2.24, 2.45) is 0 Å².